The van der Waals surface area contributed by atoms with Crippen molar-refractivity contribution in [3.8, 4) is 0 Å². The minimum Gasteiger partial charge on any atom is -0.354 e. The number of hydrogen-bond donors (Lipinski definition) is 1. The molecule has 2 aromatic rings. The molecular formula is C22H26BrClN2O2S. The van der Waals surface area contributed by atoms with Gasteiger partial charge >= 0.3 is 0 Å². The maximum Gasteiger partial charge on any atom is 0.242 e. The van der Waals surface area contributed by atoms with Crippen LogP contribution in [-0.2, 0) is 21.9 Å². The maximum atomic E-state index is 13.0. The minimum absolute atomic E-state index is 0.0527. The summed E-state index contributed by atoms with van der Waals surface area (Å²) in [4.78, 5) is 27.1. The molecule has 0 saturated carbocycles. The predicted molar refractivity (Wildman–Crippen MR) is 125 cm³/mol. The van der Waals surface area contributed by atoms with Crippen LogP contribution >= 0.6 is 39.3 Å². The second kappa shape index (κ2) is 12.3. The van der Waals surface area contributed by atoms with E-state index in [1.54, 1.807) is 11.8 Å². The van der Waals surface area contributed by atoms with Gasteiger partial charge in [-0.05, 0) is 48.7 Å². The van der Waals surface area contributed by atoms with E-state index in [1.165, 1.54) is 11.8 Å². The lowest BCUT2D eigenvalue weighted by Crippen LogP contribution is -2.48. The summed E-state index contributed by atoms with van der Waals surface area (Å²) in [6.07, 6.45) is 0.856. The summed E-state index contributed by atoms with van der Waals surface area (Å²) in [5.41, 5.74) is 2.09. The summed E-state index contributed by atoms with van der Waals surface area (Å²) in [6, 6.07) is 14.9. The molecule has 7 heteroatoms. The van der Waals surface area contributed by atoms with Crippen LogP contribution in [0.1, 0.15) is 31.4 Å². The van der Waals surface area contributed by atoms with Crippen molar-refractivity contribution in [2.45, 2.75) is 38.6 Å². The van der Waals surface area contributed by atoms with Gasteiger partial charge in [-0.1, -0.05) is 58.7 Å². The highest BCUT2D eigenvalue weighted by atomic mass is 79.9. The third kappa shape index (κ3) is 8.03. The average molecular weight is 498 g/mol. The number of nitrogens with zero attached hydrogens (tertiary/aromatic N) is 1. The summed E-state index contributed by atoms with van der Waals surface area (Å²) >= 11 is 10.9. The van der Waals surface area contributed by atoms with E-state index in [-0.39, 0.29) is 11.8 Å². The van der Waals surface area contributed by atoms with E-state index in [9.17, 15) is 9.59 Å². The third-order valence-electron chi connectivity index (χ3n) is 4.37. The zero-order valence-electron chi connectivity index (χ0n) is 16.7. The predicted octanol–water partition coefficient (Wildman–Crippen LogP) is 5.28. The van der Waals surface area contributed by atoms with E-state index in [1.807, 2.05) is 55.5 Å². The first-order chi connectivity index (χ1) is 13.9. The van der Waals surface area contributed by atoms with Gasteiger partial charge in [0.05, 0.1) is 5.75 Å². The van der Waals surface area contributed by atoms with Crippen LogP contribution in [0.3, 0.4) is 0 Å². The smallest absolute Gasteiger partial charge is 0.242 e. The highest BCUT2D eigenvalue weighted by Gasteiger charge is 2.25. The zero-order valence-corrected chi connectivity index (χ0v) is 19.8. The van der Waals surface area contributed by atoms with Gasteiger partial charge in [-0.3, -0.25) is 9.59 Å². The number of hydrogen-bond acceptors (Lipinski definition) is 3. The fourth-order valence-corrected chi connectivity index (χ4v) is 4.17. The van der Waals surface area contributed by atoms with Crippen LogP contribution in [0.15, 0.2) is 53.0 Å². The van der Waals surface area contributed by atoms with Gasteiger partial charge in [-0.2, -0.15) is 0 Å². The molecule has 0 aliphatic rings. The van der Waals surface area contributed by atoms with Crippen molar-refractivity contribution in [1.82, 2.24) is 10.2 Å². The van der Waals surface area contributed by atoms with Gasteiger partial charge in [0.2, 0.25) is 11.8 Å². The molecule has 2 rings (SSSR count). The first-order valence-electron chi connectivity index (χ1n) is 9.54. The molecule has 0 aromatic heterocycles. The van der Waals surface area contributed by atoms with Gasteiger partial charge in [0.15, 0.2) is 0 Å². The second-order valence-electron chi connectivity index (χ2n) is 6.74. The van der Waals surface area contributed by atoms with E-state index in [0.29, 0.717) is 29.6 Å². The van der Waals surface area contributed by atoms with E-state index in [4.69, 9.17) is 11.6 Å². The van der Waals surface area contributed by atoms with Gasteiger partial charge in [0.25, 0.3) is 0 Å². The summed E-state index contributed by atoms with van der Waals surface area (Å²) in [5, 5.41) is 3.59. The Morgan fingerprint density at radius 2 is 1.90 bits per heavy atom. The summed E-state index contributed by atoms with van der Waals surface area (Å²) in [7, 11) is 0. The first-order valence-corrected chi connectivity index (χ1v) is 11.9. The number of halogens is 2. The molecular weight excluding hydrogens is 472 g/mol. The molecule has 156 valence electrons. The summed E-state index contributed by atoms with van der Waals surface area (Å²) in [5.74, 6) is 0.840. The molecule has 0 aliphatic carbocycles. The number of benzene rings is 2. The van der Waals surface area contributed by atoms with Crippen molar-refractivity contribution in [1.29, 1.82) is 0 Å². The minimum atomic E-state index is -0.538. The Morgan fingerprint density at radius 1 is 1.17 bits per heavy atom. The van der Waals surface area contributed by atoms with Crippen LogP contribution < -0.4 is 5.32 Å². The van der Waals surface area contributed by atoms with Crippen LogP contribution in [0.25, 0.3) is 0 Å². The zero-order chi connectivity index (χ0) is 21.2. The highest BCUT2D eigenvalue weighted by Crippen LogP contribution is 2.19. The van der Waals surface area contributed by atoms with Crippen molar-refractivity contribution in [3.63, 3.8) is 0 Å². The molecule has 2 amide bonds. The van der Waals surface area contributed by atoms with Crippen molar-refractivity contribution in [2.75, 3.05) is 12.3 Å². The largest absolute Gasteiger partial charge is 0.354 e. The Labute approximate surface area is 190 Å². The Morgan fingerprint density at radius 3 is 2.55 bits per heavy atom. The van der Waals surface area contributed by atoms with Crippen LogP contribution in [-0.4, -0.2) is 35.1 Å². The Balaban J connectivity index is 2.04. The van der Waals surface area contributed by atoms with Crippen molar-refractivity contribution in [3.05, 3.63) is 69.2 Å². The summed E-state index contributed by atoms with van der Waals surface area (Å²) in [6.45, 7) is 4.78. The molecule has 0 bridgehead atoms. The van der Waals surface area contributed by atoms with Crippen molar-refractivity contribution in [2.24, 2.45) is 0 Å². The van der Waals surface area contributed by atoms with E-state index in [0.717, 1.165) is 22.0 Å². The van der Waals surface area contributed by atoms with Gasteiger partial charge in [-0.25, -0.2) is 0 Å². The number of carbonyl (C=O) groups excluding carboxylic acids is 2. The molecule has 0 fully saturated rings. The molecule has 29 heavy (non-hydrogen) atoms. The first kappa shape index (κ1) is 23.8. The number of thioether (sulfide) groups is 1. The molecule has 0 spiro atoms. The fraction of sp³-hybridized carbons (Fsp3) is 0.364. The van der Waals surface area contributed by atoms with Crippen molar-refractivity contribution >= 4 is 51.1 Å². The summed E-state index contributed by atoms with van der Waals surface area (Å²) < 4.78 is 0.947. The second-order valence-corrected chi connectivity index (χ2v) is 9.08. The maximum absolute atomic E-state index is 13.0. The molecule has 0 saturated heterocycles. The van der Waals surface area contributed by atoms with E-state index >= 15 is 0 Å². The molecule has 0 heterocycles. The quantitative estimate of drug-likeness (QED) is 0.486. The lowest BCUT2D eigenvalue weighted by atomic mass is 10.1. The number of amides is 2. The Kier molecular flexibility index (Phi) is 10.0. The number of rotatable bonds is 10. The topological polar surface area (TPSA) is 49.4 Å². The molecule has 1 N–H and O–H groups in total. The monoisotopic (exact) mass is 496 g/mol. The molecule has 4 nitrogen and oxygen atoms in total. The van der Waals surface area contributed by atoms with Crippen LogP contribution in [0.4, 0.5) is 0 Å². The number of nitrogens with one attached hydrogen (secondary N) is 1. The SMILES string of the molecule is CCCNC(=O)[C@H](C)N(Cc1cccc(Br)c1)C(=O)CSCc1ccc(Cl)cc1. The highest BCUT2D eigenvalue weighted by molar-refractivity contribution is 9.10. The molecule has 2 aromatic carbocycles. The van der Waals surface area contributed by atoms with Gasteiger partial charge in [-0.15, -0.1) is 11.8 Å². The molecule has 0 aliphatic heterocycles. The lowest BCUT2D eigenvalue weighted by Gasteiger charge is -2.29. The molecule has 0 radical (unpaired) electrons. The molecule has 0 unspecified atom stereocenters. The van der Waals surface area contributed by atoms with Crippen LogP contribution in [0.2, 0.25) is 5.02 Å². The van der Waals surface area contributed by atoms with E-state index in [2.05, 4.69) is 21.2 Å². The Bertz CT molecular complexity index is 817. The van der Waals surface area contributed by atoms with Gasteiger partial charge < -0.3 is 10.2 Å². The van der Waals surface area contributed by atoms with Crippen LogP contribution in [0.5, 0.6) is 0 Å². The third-order valence-corrected chi connectivity index (χ3v) is 6.10. The average Bonchev–Trinajstić information content (AvgIpc) is 2.71. The van der Waals surface area contributed by atoms with Crippen molar-refractivity contribution < 1.29 is 9.59 Å². The van der Waals surface area contributed by atoms with E-state index < -0.39 is 6.04 Å². The lowest BCUT2D eigenvalue weighted by molar-refractivity contribution is -0.138. The van der Waals surface area contributed by atoms with Gasteiger partial charge in [0, 0.05) is 28.3 Å². The van der Waals surface area contributed by atoms with Gasteiger partial charge in [0.1, 0.15) is 6.04 Å². The number of carbonyl (C=O) groups is 2. The standard InChI is InChI=1S/C22H26BrClN2O2S/c1-3-11-25-22(28)16(2)26(13-18-5-4-6-19(23)12-18)21(27)15-29-14-17-7-9-20(24)10-8-17/h4-10,12,16H,3,11,13-15H2,1-2H3,(H,25,28)/t16-/m0/s1. The van der Waals surface area contributed by atoms with Crippen LogP contribution in [0, 0.1) is 0 Å². The fourth-order valence-electron chi connectivity index (χ4n) is 2.73. The Hall–Kier alpha value is -1.50. The molecule has 1 atom stereocenters. The normalized spacial score (nSPS) is 11.7.